The second-order valence-corrected chi connectivity index (χ2v) is 6.11. The van der Waals surface area contributed by atoms with Gasteiger partial charge in [-0.15, -0.1) is 0 Å². The Kier molecular flexibility index (Phi) is 5.08. The molecule has 0 spiro atoms. The van der Waals surface area contributed by atoms with E-state index in [1.165, 1.54) is 18.6 Å². The first kappa shape index (κ1) is 17.1. The number of aromatic carboxylic acids is 1. The number of nitrogens with one attached hydrogen (secondary N) is 1. The van der Waals surface area contributed by atoms with E-state index < -0.39 is 5.97 Å². The van der Waals surface area contributed by atoms with Crippen molar-refractivity contribution >= 4 is 35.1 Å². The molecule has 2 aromatic heterocycles. The number of carbonyl (C=O) groups excluding carboxylic acids is 1. The molecule has 1 aliphatic heterocycles. The summed E-state index contributed by atoms with van der Waals surface area (Å²) in [5, 5.41) is 12.2. The van der Waals surface area contributed by atoms with Crippen molar-refractivity contribution < 1.29 is 14.7 Å². The standard InChI is InChI=1S/C16H16ClN5O3/c17-11-1-2-13(19-7-11)21-15(23)10-3-5-22(6-4-10)14-9-18-12(8-20-14)16(24)25/h1-2,7-10H,3-6H2,(H,24,25)(H,19,21,23). The van der Waals surface area contributed by atoms with Gasteiger partial charge in [-0.2, -0.15) is 0 Å². The molecule has 0 radical (unpaired) electrons. The summed E-state index contributed by atoms with van der Waals surface area (Å²) in [4.78, 5) is 37.2. The zero-order chi connectivity index (χ0) is 17.8. The molecule has 3 heterocycles. The molecular formula is C16H16ClN5O3. The Morgan fingerprint density at radius 2 is 1.88 bits per heavy atom. The number of pyridine rings is 1. The van der Waals surface area contributed by atoms with Gasteiger partial charge < -0.3 is 15.3 Å². The van der Waals surface area contributed by atoms with E-state index in [0.29, 0.717) is 42.6 Å². The van der Waals surface area contributed by atoms with Gasteiger partial charge in [-0.25, -0.2) is 19.7 Å². The van der Waals surface area contributed by atoms with Crippen LogP contribution in [0.4, 0.5) is 11.6 Å². The SMILES string of the molecule is O=C(O)c1cnc(N2CCC(C(=O)Nc3ccc(Cl)cn3)CC2)cn1. The number of anilines is 2. The molecule has 1 amide bonds. The summed E-state index contributed by atoms with van der Waals surface area (Å²) in [6, 6.07) is 3.33. The average Bonchev–Trinajstić information content (AvgIpc) is 2.64. The lowest BCUT2D eigenvalue weighted by molar-refractivity contribution is -0.120. The molecule has 0 atom stereocenters. The highest BCUT2D eigenvalue weighted by Gasteiger charge is 2.26. The van der Waals surface area contributed by atoms with Crippen molar-refractivity contribution in [2.24, 2.45) is 5.92 Å². The van der Waals surface area contributed by atoms with Crippen molar-refractivity contribution in [3.05, 3.63) is 41.4 Å². The Hall–Kier alpha value is -2.74. The number of halogens is 1. The lowest BCUT2D eigenvalue weighted by Crippen LogP contribution is -2.38. The quantitative estimate of drug-likeness (QED) is 0.858. The number of carboxylic acid groups (broad SMARTS) is 1. The van der Waals surface area contributed by atoms with Crippen LogP contribution in [-0.4, -0.2) is 45.0 Å². The first-order chi connectivity index (χ1) is 12.0. The van der Waals surface area contributed by atoms with Gasteiger partial charge in [0.25, 0.3) is 0 Å². The van der Waals surface area contributed by atoms with Crippen LogP contribution < -0.4 is 10.2 Å². The van der Waals surface area contributed by atoms with E-state index in [0.717, 1.165) is 0 Å². The van der Waals surface area contributed by atoms with E-state index in [9.17, 15) is 9.59 Å². The minimum atomic E-state index is -1.11. The third kappa shape index (κ3) is 4.21. The predicted octanol–water partition coefficient (Wildman–Crippen LogP) is 2.08. The third-order valence-corrected chi connectivity index (χ3v) is 4.25. The molecule has 0 aliphatic carbocycles. The van der Waals surface area contributed by atoms with Crippen LogP contribution in [-0.2, 0) is 4.79 Å². The lowest BCUT2D eigenvalue weighted by atomic mass is 9.96. The number of carboxylic acids is 1. The molecule has 9 heteroatoms. The Labute approximate surface area is 148 Å². The van der Waals surface area contributed by atoms with Crippen LogP contribution in [0.15, 0.2) is 30.7 Å². The first-order valence-electron chi connectivity index (χ1n) is 7.75. The van der Waals surface area contributed by atoms with Crippen LogP contribution >= 0.6 is 11.6 Å². The molecule has 3 rings (SSSR count). The van der Waals surface area contributed by atoms with Gasteiger partial charge in [0.05, 0.1) is 17.4 Å². The summed E-state index contributed by atoms with van der Waals surface area (Å²) in [5.41, 5.74) is -0.0894. The second-order valence-electron chi connectivity index (χ2n) is 5.68. The molecule has 2 aromatic rings. The normalized spacial score (nSPS) is 15.0. The van der Waals surface area contributed by atoms with Gasteiger partial charge in [-0.05, 0) is 25.0 Å². The van der Waals surface area contributed by atoms with Crippen molar-refractivity contribution in [3.63, 3.8) is 0 Å². The van der Waals surface area contributed by atoms with Gasteiger partial charge in [-0.1, -0.05) is 11.6 Å². The maximum Gasteiger partial charge on any atom is 0.356 e. The summed E-state index contributed by atoms with van der Waals surface area (Å²) in [6.45, 7) is 1.29. The van der Waals surface area contributed by atoms with Crippen LogP contribution in [0.25, 0.3) is 0 Å². The lowest BCUT2D eigenvalue weighted by Gasteiger charge is -2.31. The molecule has 0 aromatic carbocycles. The number of hydrogen-bond acceptors (Lipinski definition) is 6. The number of nitrogens with zero attached hydrogens (tertiary/aromatic N) is 4. The Morgan fingerprint density at radius 1 is 1.12 bits per heavy atom. The summed E-state index contributed by atoms with van der Waals surface area (Å²) in [5.74, 6) is -0.192. The zero-order valence-electron chi connectivity index (χ0n) is 13.2. The third-order valence-electron chi connectivity index (χ3n) is 4.03. The van der Waals surface area contributed by atoms with E-state index in [4.69, 9.17) is 16.7 Å². The van der Waals surface area contributed by atoms with Gasteiger partial charge in [0.2, 0.25) is 5.91 Å². The van der Waals surface area contributed by atoms with Crippen molar-refractivity contribution in [2.75, 3.05) is 23.3 Å². The fourth-order valence-corrected chi connectivity index (χ4v) is 2.76. The number of amides is 1. The molecule has 0 unspecified atom stereocenters. The highest BCUT2D eigenvalue weighted by Crippen LogP contribution is 2.22. The molecule has 130 valence electrons. The smallest absolute Gasteiger partial charge is 0.356 e. The fourth-order valence-electron chi connectivity index (χ4n) is 2.64. The van der Waals surface area contributed by atoms with Gasteiger partial charge in [0.15, 0.2) is 5.69 Å². The van der Waals surface area contributed by atoms with Gasteiger partial charge in [0, 0.05) is 25.2 Å². The maximum absolute atomic E-state index is 12.3. The molecule has 1 aliphatic rings. The van der Waals surface area contributed by atoms with E-state index in [1.54, 1.807) is 12.1 Å². The maximum atomic E-state index is 12.3. The van der Waals surface area contributed by atoms with Crippen LogP contribution in [0.2, 0.25) is 5.02 Å². The van der Waals surface area contributed by atoms with Crippen LogP contribution in [0.5, 0.6) is 0 Å². The van der Waals surface area contributed by atoms with Gasteiger partial charge in [-0.3, -0.25) is 4.79 Å². The van der Waals surface area contributed by atoms with Crippen LogP contribution in [0.1, 0.15) is 23.3 Å². The molecule has 2 N–H and O–H groups in total. The van der Waals surface area contributed by atoms with Crippen molar-refractivity contribution in [1.82, 2.24) is 15.0 Å². The average molecular weight is 362 g/mol. The molecular weight excluding hydrogens is 346 g/mol. The Balaban J connectivity index is 1.55. The van der Waals surface area contributed by atoms with E-state index in [2.05, 4.69) is 20.3 Å². The molecule has 25 heavy (non-hydrogen) atoms. The second kappa shape index (κ2) is 7.43. The molecule has 0 bridgehead atoms. The molecule has 0 saturated carbocycles. The Bertz CT molecular complexity index is 758. The number of rotatable bonds is 4. The van der Waals surface area contributed by atoms with Crippen molar-refractivity contribution in [3.8, 4) is 0 Å². The minimum absolute atomic E-state index is 0.0678. The molecule has 1 fully saturated rings. The monoisotopic (exact) mass is 361 g/mol. The predicted molar refractivity (Wildman–Crippen MR) is 91.8 cm³/mol. The topological polar surface area (TPSA) is 108 Å². The molecule has 8 nitrogen and oxygen atoms in total. The number of hydrogen-bond donors (Lipinski definition) is 2. The van der Waals surface area contributed by atoms with Gasteiger partial charge >= 0.3 is 5.97 Å². The van der Waals surface area contributed by atoms with E-state index >= 15 is 0 Å². The van der Waals surface area contributed by atoms with E-state index in [-0.39, 0.29) is 17.5 Å². The number of aromatic nitrogens is 3. The highest BCUT2D eigenvalue weighted by atomic mass is 35.5. The van der Waals surface area contributed by atoms with Crippen molar-refractivity contribution in [1.29, 1.82) is 0 Å². The van der Waals surface area contributed by atoms with Gasteiger partial charge in [0.1, 0.15) is 11.6 Å². The van der Waals surface area contributed by atoms with Crippen molar-refractivity contribution in [2.45, 2.75) is 12.8 Å². The molecule has 1 saturated heterocycles. The first-order valence-corrected chi connectivity index (χ1v) is 8.13. The summed E-state index contributed by atoms with van der Waals surface area (Å²) >= 11 is 5.77. The zero-order valence-corrected chi connectivity index (χ0v) is 14.0. The number of carbonyl (C=O) groups is 2. The fraction of sp³-hybridized carbons (Fsp3) is 0.312. The minimum Gasteiger partial charge on any atom is -0.476 e. The Morgan fingerprint density at radius 3 is 2.44 bits per heavy atom. The van der Waals surface area contributed by atoms with Crippen LogP contribution in [0.3, 0.4) is 0 Å². The summed E-state index contributed by atoms with van der Waals surface area (Å²) in [7, 11) is 0. The summed E-state index contributed by atoms with van der Waals surface area (Å²) < 4.78 is 0. The number of piperidine rings is 1. The highest BCUT2D eigenvalue weighted by molar-refractivity contribution is 6.30. The summed E-state index contributed by atoms with van der Waals surface area (Å²) in [6.07, 6.45) is 5.51. The van der Waals surface area contributed by atoms with E-state index in [1.807, 2.05) is 4.90 Å². The van der Waals surface area contributed by atoms with Crippen LogP contribution in [0, 0.1) is 5.92 Å². The largest absolute Gasteiger partial charge is 0.476 e.